The van der Waals surface area contributed by atoms with E-state index in [-0.39, 0.29) is 12.3 Å². The van der Waals surface area contributed by atoms with E-state index < -0.39 is 49.2 Å². The van der Waals surface area contributed by atoms with E-state index in [1.54, 1.807) is 0 Å². The minimum Gasteiger partial charge on any atom is -0.394 e. The summed E-state index contributed by atoms with van der Waals surface area (Å²) in [5, 5.41) is 42.9. The van der Waals surface area contributed by atoms with Gasteiger partial charge in [-0.1, -0.05) is 0 Å². The lowest BCUT2D eigenvalue weighted by molar-refractivity contribution is -0.253. The molecular weight excluding hydrogens is 272 g/mol. The number of nitrogens with one attached hydrogen (secondary N) is 2. The highest BCUT2D eigenvalue weighted by atomic mass is 16.6. The van der Waals surface area contributed by atoms with Crippen LogP contribution in [-0.2, 0) is 14.3 Å². The van der Waals surface area contributed by atoms with Crippen molar-refractivity contribution in [2.45, 2.75) is 49.5 Å². The van der Waals surface area contributed by atoms with Crippen molar-refractivity contribution < 1.29 is 34.8 Å². The maximum Gasteiger partial charge on any atom is 0.243 e. The highest BCUT2D eigenvalue weighted by Gasteiger charge is 2.45. The monoisotopic (exact) mass is 290 g/mol. The molecule has 114 valence electrons. The van der Waals surface area contributed by atoms with Crippen LogP contribution >= 0.6 is 0 Å². The van der Waals surface area contributed by atoms with E-state index >= 15 is 0 Å². The van der Waals surface area contributed by atoms with Crippen LogP contribution in [0, 0.1) is 0 Å². The molecule has 1 unspecified atom stereocenters. The third-order valence-corrected chi connectivity index (χ3v) is 3.52. The van der Waals surface area contributed by atoms with Crippen LogP contribution in [0.2, 0.25) is 0 Å². The second-order valence-corrected chi connectivity index (χ2v) is 4.92. The van der Waals surface area contributed by atoms with E-state index in [2.05, 4.69) is 10.6 Å². The second-order valence-electron chi connectivity index (χ2n) is 4.92. The smallest absolute Gasteiger partial charge is 0.243 e. The predicted octanol–water partition coefficient (Wildman–Crippen LogP) is -3.82. The number of rotatable bonds is 3. The molecule has 2 aliphatic heterocycles. The fourth-order valence-corrected chi connectivity index (χ4v) is 2.33. The Morgan fingerprint density at radius 3 is 2.60 bits per heavy atom. The number of amides is 2. The van der Waals surface area contributed by atoms with Gasteiger partial charge in [0.2, 0.25) is 11.8 Å². The average molecular weight is 290 g/mol. The predicted molar refractivity (Wildman–Crippen MR) is 63.1 cm³/mol. The van der Waals surface area contributed by atoms with Gasteiger partial charge in [0.15, 0.2) is 6.29 Å². The maximum absolute atomic E-state index is 11.9. The van der Waals surface area contributed by atoms with Crippen LogP contribution in [0.5, 0.6) is 0 Å². The highest BCUT2D eigenvalue weighted by molar-refractivity contribution is 5.90. The van der Waals surface area contributed by atoms with Crippen molar-refractivity contribution in [3.8, 4) is 0 Å². The molecule has 2 saturated heterocycles. The largest absolute Gasteiger partial charge is 0.394 e. The molecule has 2 rings (SSSR count). The summed E-state index contributed by atoms with van der Waals surface area (Å²) in [5.74, 6) is -0.816. The third kappa shape index (κ3) is 2.91. The summed E-state index contributed by atoms with van der Waals surface area (Å²) in [6.07, 6.45) is -5.05. The first-order chi connectivity index (χ1) is 9.43. The lowest BCUT2D eigenvalue weighted by Crippen LogP contribution is -2.65. The summed E-state index contributed by atoms with van der Waals surface area (Å²) in [6, 6.07) is -1.97. The number of hydrogen-bond donors (Lipinski definition) is 6. The number of ether oxygens (including phenoxy) is 1. The summed E-state index contributed by atoms with van der Waals surface area (Å²) in [5.41, 5.74) is 0. The number of carbonyl (C=O) groups is 2. The molecule has 9 nitrogen and oxygen atoms in total. The summed E-state index contributed by atoms with van der Waals surface area (Å²) in [7, 11) is 0. The molecule has 2 aliphatic rings. The normalized spacial score (nSPS) is 41.3. The molecule has 0 aromatic carbocycles. The van der Waals surface area contributed by atoms with Gasteiger partial charge in [-0.15, -0.1) is 0 Å². The van der Waals surface area contributed by atoms with Gasteiger partial charge in [0.25, 0.3) is 0 Å². The first-order valence-corrected chi connectivity index (χ1v) is 6.34. The van der Waals surface area contributed by atoms with Crippen molar-refractivity contribution in [3.63, 3.8) is 0 Å². The molecule has 0 radical (unpaired) electrons. The van der Waals surface area contributed by atoms with Crippen molar-refractivity contribution >= 4 is 11.8 Å². The van der Waals surface area contributed by atoms with Gasteiger partial charge in [-0.25, -0.2) is 0 Å². The first kappa shape index (κ1) is 15.1. The number of hydrogen-bond acceptors (Lipinski definition) is 7. The Morgan fingerprint density at radius 2 is 2.05 bits per heavy atom. The van der Waals surface area contributed by atoms with Crippen molar-refractivity contribution in [1.29, 1.82) is 0 Å². The van der Waals surface area contributed by atoms with Crippen LogP contribution in [0.15, 0.2) is 0 Å². The van der Waals surface area contributed by atoms with Crippen molar-refractivity contribution in [2.24, 2.45) is 0 Å². The van der Waals surface area contributed by atoms with E-state index in [1.165, 1.54) is 0 Å². The Kier molecular flexibility index (Phi) is 4.55. The molecule has 0 aromatic heterocycles. The molecule has 2 amide bonds. The van der Waals surface area contributed by atoms with Crippen LogP contribution < -0.4 is 10.6 Å². The summed E-state index contributed by atoms with van der Waals surface area (Å²) in [6.45, 7) is -0.575. The van der Waals surface area contributed by atoms with Crippen molar-refractivity contribution in [3.05, 3.63) is 0 Å². The molecule has 0 spiro atoms. The van der Waals surface area contributed by atoms with Gasteiger partial charge in [0.1, 0.15) is 30.4 Å². The molecule has 0 bridgehead atoms. The molecule has 0 saturated carbocycles. The van der Waals surface area contributed by atoms with Crippen LogP contribution in [0.1, 0.15) is 12.8 Å². The molecule has 2 heterocycles. The molecule has 9 heteroatoms. The van der Waals surface area contributed by atoms with Gasteiger partial charge in [0.05, 0.1) is 6.61 Å². The van der Waals surface area contributed by atoms with Crippen molar-refractivity contribution in [2.75, 3.05) is 6.61 Å². The molecule has 0 aromatic rings. The van der Waals surface area contributed by atoms with E-state index in [0.29, 0.717) is 6.42 Å². The van der Waals surface area contributed by atoms with Crippen LogP contribution in [0.4, 0.5) is 0 Å². The zero-order valence-electron chi connectivity index (χ0n) is 10.6. The number of aliphatic hydroxyl groups excluding tert-OH is 4. The lowest BCUT2D eigenvalue weighted by Gasteiger charge is -2.40. The van der Waals surface area contributed by atoms with Crippen LogP contribution in [0.25, 0.3) is 0 Å². The topological polar surface area (TPSA) is 148 Å². The molecule has 2 fully saturated rings. The van der Waals surface area contributed by atoms with Crippen LogP contribution in [0.3, 0.4) is 0 Å². The van der Waals surface area contributed by atoms with Gasteiger partial charge in [0, 0.05) is 6.42 Å². The van der Waals surface area contributed by atoms with Gasteiger partial charge in [-0.2, -0.15) is 0 Å². The van der Waals surface area contributed by atoms with E-state index in [4.69, 9.17) is 9.84 Å². The highest BCUT2D eigenvalue weighted by Crippen LogP contribution is 2.20. The fraction of sp³-hybridized carbons (Fsp3) is 0.818. The third-order valence-electron chi connectivity index (χ3n) is 3.52. The van der Waals surface area contributed by atoms with E-state index in [0.717, 1.165) is 0 Å². The Labute approximate surface area is 114 Å². The fourth-order valence-electron chi connectivity index (χ4n) is 2.33. The molecule has 0 aliphatic carbocycles. The zero-order chi connectivity index (χ0) is 14.9. The summed E-state index contributed by atoms with van der Waals surface area (Å²) < 4.78 is 4.91. The number of aliphatic hydroxyl groups is 4. The summed E-state index contributed by atoms with van der Waals surface area (Å²) in [4.78, 5) is 22.9. The quantitative estimate of drug-likeness (QED) is 0.312. The number of carbonyl (C=O) groups excluding carboxylic acids is 2. The molecular formula is C11H18N2O7. The Bertz CT molecular complexity index is 391. The second kappa shape index (κ2) is 6.02. The standard InChI is InChI=1S/C11H18N2O7/c14-3-5-8(16)9(17)7(11(19)20-5)13-10(18)4-1-2-6(15)12-4/h4-5,7-9,11,14,16-17,19H,1-3H2,(H,12,15)(H,13,18)/t4-,5+,7+,8+,9+,11?/m0/s1. The van der Waals surface area contributed by atoms with Gasteiger partial charge >= 0.3 is 0 Å². The maximum atomic E-state index is 11.9. The molecule has 6 N–H and O–H groups in total. The average Bonchev–Trinajstić information content (AvgIpc) is 2.85. The van der Waals surface area contributed by atoms with E-state index in [9.17, 15) is 24.9 Å². The van der Waals surface area contributed by atoms with Gasteiger partial charge in [-0.3, -0.25) is 9.59 Å². The van der Waals surface area contributed by atoms with Gasteiger partial charge < -0.3 is 35.8 Å². The van der Waals surface area contributed by atoms with Gasteiger partial charge in [-0.05, 0) is 6.42 Å². The summed E-state index contributed by atoms with van der Waals surface area (Å²) >= 11 is 0. The minimum absolute atomic E-state index is 0.236. The van der Waals surface area contributed by atoms with Crippen LogP contribution in [-0.4, -0.2) is 75.5 Å². The van der Waals surface area contributed by atoms with E-state index in [1.807, 2.05) is 0 Å². The Hall–Kier alpha value is -1.26. The molecule has 6 atom stereocenters. The Balaban J connectivity index is 1.97. The Morgan fingerprint density at radius 1 is 1.35 bits per heavy atom. The minimum atomic E-state index is -1.56. The zero-order valence-corrected chi connectivity index (χ0v) is 10.6. The van der Waals surface area contributed by atoms with Crippen molar-refractivity contribution in [1.82, 2.24) is 10.6 Å². The first-order valence-electron chi connectivity index (χ1n) is 6.34. The molecule has 20 heavy (non-hydrogen) atoms. The lowest BCUT2D eigenvalue weighted by atomic mass is 9.96. The SMILES string of the molecule is O=C1CC[C@@H](C(=O)N[C@H]2C(O)O[C@H](CO)[C@@H](O)[C@@H]2O)N1.